The van der Waals surface area contributed by atoms with Crippen LogP contribution in [0, 0.1) is 5.92 Å². The minimum absolute atomic E-state index is 0.0327. The Balaban J connectivity index is 1.02. The zero-order valence-electron chi connectivity index (χ0n) is 34.2. The number of carbonyl (C=O) groups is 4. The maximum atomic E-state index is 14.2. The molecule has 2 heterocycles. The van der Waals surface area contributed by atoms with Crippen LogP contribution in [0.4, 0.5) is 4.79 Å². The van der Waals surface area contributed by atoms with E-state index >= 15 is 0 Å². The first kappa shape index (κ1) is 40.0. The van der Waals surface area contributed by atoms with Crippen LogP contribution < -0.4 is 10.6 Å². The third kappa shape index (κ3) is 8.38. The van der Waals surface area contributed by atoms with Crippen LogP contribution in [0.3, 0.4) is 0 Å². The second kappa shape index (κ2) is 17.6. The summed E-state index contributed by atoms with van der Waals surface area (Å²) in [7, 11) is 1.26. The van der Waals surface area contributed by atoms with Crippen LogP contribution in [0.1, 0.15) is 69.2 Å². The molecule has 0 bridgehead atoms. The van der Waals surface area contributed by atoms with Crippen molar-refractivity contribution in [1.82, 2.24) is 40.4 Å². The summed E-state index contributed by atoms with van der Waals surface area (Å²) in [6, 6.07) is 29.7. The average Bonchev–Trinajstić information content (AvgIpc) is 3.87. The van der Waals surface area contributed by atoms with Crippen molar-refractivity contribution in [2.75, 3.05) is 26.7 Å². The van der Waals surface area contributed by atoms with Crippen molar-refractivity contribution in [1.29, 1.82) is 0 Å². The van der Waals surface area contributed by atoms with Crippen LogP contribution in [-0.4, -0.2) is 80.3 Å². The molecule has 0 saturated heterocycles. The Kier molecular flexibility index (Phi) is 11.8. The highest BCUT2D eigenvalue weighted by molar-refractivity contribution is 6.07. The number of imidazole rings is 2. The minimum atomic E-state index is -0.768. The Labute approximate surface area is 347 Å². The summed E-state index contributed by atoms with van der Waals surface area (Å²) in [4.78, 5) is 72.0. The van der Waals surface area contributed by atoms with E-state index in [1.165, 1.54) is 7.11 Å². The molecule has 1 saturated carbocycles. The number of nitrogens with zero attached hydrogens (tertiary/aromatic N) is 4. The van der Waals surface area contributed by atoms with Crippen molar-refractivity contribution < 1.29 is 23.9 Å². The lowest BCUT2D eigenvalue weighted by atomic mass is 9.84. The lowest BCUT2D eigenvalue weighted by Crippen LogP contribution is -2.45. The predicted octanol–water partition coefficient (Wildman–Crippen LogP) is 7.90. The molecule has 13 heteroatoms. The number of ether oxygens (including phenoxy) is 1. The summed E-state index contributed by atoms with van der Waals surface area (Å²) >= 11 is 0. The summed E-state index contributed by atoms with van der Waals surface area (Å²) in [5, 5.41) is 9.63. The fourth-order valence-corrected chi connectivity index (χ4v) is 8.05. The van der Waals surface area contributed by atoms with Crippen molar-refractivity contribution in [3.05, 3.63) is 108 Å². The van der Waals surface area contributed by atoms with Gasteiger partial charge in [0.2, 0.25) is 17.7 Å². The Bertz CT molecular complexity index is 2700. The highest BCUT2D eigenvalue weighted by atomic mass is 16.5. The Morgan fingerprint density at radius 1 is 0.750 bits per heavy atom. The van der Waals surface area contributed by atoms with E-state index in [0.717, 1.165) is 92.4 Å². The maximum absolute atomic E-state index is 14.2. The number of hydrogen-bond donors (Lipinski definition) is 4. The molecule has 308 valence electrons. The van der Waals surface area contributed by atoms with Crippen LogP contribution in [0.25, 0.3) is 54.7 Å². The van der Waals surface area contributed by atoms with Gasteiger partial charge >= 0.3 is 6.09 Å². The normalized spacial score (nSPS) is 13.3. The van der Waals surface area contributed by atoms with Crippen molar-refractivity contribution in [3.8, 4) is 11.1 Å². The van der Waals surface area contributed by atoms with Crippen LogP contribution in [0.5, 0.6) is 0 Å². The van der Waals surface area contributed by atoms with E-state index in [1.807, 2.05) is 56.3 Å². The molecule has 0 spiro atoms. The van der Waals surface area contributed by atoms with Gasteiger partial charge in [0.15, 0.2) is 0 Å². The van der Waals surface area contributed by atoms with E-state index in [2.05, 4.69) is 73.9 Å². The van der Waals surface area contributed by atoms with Crippen LogP contribution in [-0.2, 0) is 32.2 Å². The quantitative estimate of drug-likeness (QED) is 0.0818. The number of fused-ring (bicyclic) bond motifs is 6. The molecule has 1 aliphatic carbocycles. The van der Waals surface area contributed by atoms with Gasteiger partial charge in [0, 0.05) is 29.8 Å². The number of hydrogen-bond acceptors (Lipinski definition) is 7. The van der Waals surface area contributed by atoms with Gasteiger partial charge in [-0.25, -0.2) is 14.8 Å². The summed E-state index contributed by atoms with van der Waals surface area (Å²) in [5.41, 5.74) is 6.33. The Morgan fingerprint density at radius 3 is 1.85 bits per heavy atom. The first-order chi connectivity index (χ1) is 29.2. The third-order valence-corrected chi connectivity index (χ3v) is 11.4. The highest BCUT2D eigenvalue weighted by Gasteiger charge is 2.32. The van der Waals surface area contributed by atoms with E-state index in [-0.39, 0.29) is 43.3 Å². The lowest BCUT2D eigenvalue weighted by molar-refractivity contribution is -0.139. The molecule has 13 nitrogen and oxygen atoms in total. The van der Waals surface area contributed by atoms with Crippen molar-refractivity contribution in [2.24, 2.45) is 5.92 Å². The number of carbonyl (C=O) groups excluding carboxylic acids is 4. The fraction of sp³-hybridized carbons (Fsp3) is 0.319. The monoisotopic (exact) mass is 806 g/mol. The number of aromatic nitrogens is 4. The number of amides is 4. The molecule has 1 atom stereocenters. The van der Waals surface area contributed by atoms with E-state index in [9.17, 15) is 19.2 Å². The third-order valence-electron chi connectivity index (χ3n) is 11.4. The molecule has 4 N–H and O–H groups in total. The molecule has 60 heavy (non-hydrogen) atoms. The van der Waals surface area contributed by atoms with Gasteiger partial charge in [-0.1, -0.05) is 87.0 Å². The zero-order valence-corrected chi connectivity index (χ0v) is 34.2. The molecule has 0 aliphatic heterocycles. The number of H-pyrrole nitrogens is 2. The largest absolute Gasteiger partial charge is 0.453 e. The van der Waals surface area contributed by atoms with Crippen molar-refractivity contribution >= 4 is 67.4 Å². The summed E-state index contributed by atoms with van der Waals surface area (Å²) in [5.74, 6) is 0.893. The van der Waals surface area contributed by atoms with Gasteiger partial charge in [0.05, 0.1) is 42.3 Å². The average molecular weight is 807 g/mol. The smallest absolute Gasteiger partial charge is 0.407 e. The van der Waals surface area contributed by atoms with E-state index in [0.29, 0.717) is 24.7 Å². The van der Waals surface area contributed by atoms with Gasteiger partial charge in [-0.15, -0.1) is 0 Å². The van der Waals surface area contributed by atoms with E-state index in [1.54, 1.807) is 9.80 Å². The molecule has 7 aromatic rings. The zero-order chi connectivity index (χ0) is 41.8. The molecule has 1 aliphatic rings. The Morgan fingerprint density at radius 2 is 1.32 bits per heavy atom. The maximum Gasteiger partial charge on any atom is 0.407 e. The molecular weight excluding hydrogens is 757 g/mol. The molecule has 4 amide bonds. The number of benzene rings is 5. The number of aromatic amines is 2. The molecule has 1 fully saturated rings. The van der Waals surface area contributed by atoms with Gasteiger partial charge in [-0.2, -0.15) is 0 Å². The van der Waals surface area contributed by atoms with Crippen LogP contribution >= 0.6 is 0 Å². The minimum Gasteiger partial charge on any atom is -0.453 e. The number of methoxy groups -OCH3 is 1. The molecule has 2 aromatic heterocycles. The molecule has 0 unspecified atom stereocenters. The Hall–Kier alpha value is -6.76. The number of rotatable bonds is 15. The van der Waals surface area contributed by atoms with Crippen molar-refractivity contribution in [2.45, 2.75) is 65.1 Å². The first-order valence-electron chi connectivity index (χ1n) is 20.8. The van der Waals surface area contributed by atoms with E-state index < -0.39 is 12.1 Å². The lowest BCUT2D eigenvalue weighted by Gasteiger charge is -2.30. The second-order valence-electron chi connectivity index (χ2n) is 15.6. The topological polar surface area (TPSA) is 165 Å². The van der Waals surface area contributed by atoms with Gasteiger partial charge in [0.1, 0.15) is 24.2 Å². The van der Waals surface area contributed by atoms with Gasteiger partial charge in [-0.3, -0.25) is 14.4 Å². The van der Waals surface area contributed by atoms with Gasteiger partial charge in [-0.05, 0) is 77.4 Å². The molecule has 0 radical (unpaired) electrons. The van der Waals surface area contributed by atoms with E-state index in [4.69, 9.17) is 9.97 Å². The van der Waals surface area contributed by atoms with Crippen LogP contribution in [0.15, 0.2) is 91.0 Å². The number of alkyl carbamates (subject to hydrolysis) is 1. The van der Waals surface area contributed by atoms with Gasteiger partial charge < -0.3 is 35.1 Å². The summed E-state index contributed by atoms with van der Waals surface area (Å²) in [6.45, 7) is 5.51. The molecule has 5 aromatic carbocycles. The molecular formula is C47H50N8O5. The standard InChI is InChI=1S/C47H50N8O5/c1-4-22-54(41(56)26-48-47(59)60-3)27-39-49-37-20-16-33-24-31(14-18-35(33)43(37)51-39)32-15-19-36-34(25-32)17-21-38-44(36)52-40(50-38)28-55(23-5-2)46(58)42(29-10-7-6-8-11-29)53-45(57)30-12-9-13-30/h6-8,10-11,14-21,24-25,30,42H,4-5,9,12-13,22-23,26-28H2,1-3H3,(H,48,59)(H,49,51)(H,50,52)(H,53,57)/t42-/m1/s1. The number of nitrogens with one attached hydrogen (secondary N) is 4. The first-order valence-corrected chi connectivity index (χ1v) is 20.8. The van der Waals surface area contributed by atoms with Crippen LogP contribution in [0.2, 0.25) is 0 Å². The van der Waals surface area contributed by atoms with Gasteiger partial charge in [0.25, 0.3) is 0 Å². The summed E-state index contributed by atoms with van der Waals surface area (Å²) in [6.07, 6.45) is 3.64. The fourth-order valence-electron chi connectivity index (χ4n) is 8.05. The SMILES string of the molecule is CCCN(Cc1nc2c(ccc3cc(-c4ccc5c(ccc6[nH]c(CN(CCC)C(=O)[C@H](NC(=O)C7CCC7)c7ccccc7)nc65)c4)ccc32)[nH]1)C(=O)CNC(=O)OC. The predicted molar refractivity (Wildman–Crippen MR) is 233 cm³/mol. The summed E-state index contributed by atoms with van der Waals surface area (Å²) < 4.78 is 4.60. The van der Waals surface area contributed by atoms with Crippen molar-refractivity contribution in [3.63, 3.8) is 0 Å². The molecule has 8 rings (SSSR count). The second-order valence-corrected chi connectivity index (χ2v) is 15.6. The highest BCUT2D eigenvalue weighted by Crippen LogP contribution is 2.33.